The SMILES string of the molecule is CSC1(CNc2ccccc2[N+](=O)[O-])CCCC1. The van der Waals surface area contributed by atoms with Crippen molar-refractivity contribution in [2.75, 3.05) is 18.1 Å². The summed E-state index contributed by atoms with van der Waals surface area (Å²) in [5.74, 6) is 0. The van der Waals surface area contributed by atoms with Crippen LogP contribution < -0.4 is 5.32 Å². The van der Waals surface area contributed by atoms with Crippen LogP contribution in [0.5, 0.6) is 0 Å². The number of nitro benzene ring substituents is 1. The molecule has 5 heteroatoms. The molecule has 0 aromatic heterocycles. The fraction of sp³-hybridized carbons (Fsp3) is 0.538. The van der Waals surface area contributed by atoms with E-state index in [1.165, 1.54) is 25.7 Å². The second kappa shape index (κ2) is 5.61. The first-order valence-electron chi connectivity index (χ1n) is 6.19. The van der Waals surface area contributed by atoms with Crippen molar-refractivity contribution < 1.29 is 4.92 Å². The zero-order valence-electron chi connectivity index (χ0n) is 10.5. The lowest BCUT2D eigenvalue weighted by Crippen LogP contribution is -2.30. The highest BCUT2D eigenvalue weighted by Gasteiger charge is 2.33. The third-order valence-corrected chi connectivity index (χ3v) is 5.07. The molecule has 18 heavy (non-hydrogen) atoms. The lowest BCUT2D eigenvalue weighted by molar-refractivity contribution is -0.384. The van der Waals surface area contributed by atoms with Gasteiger partial charge in [0, 0.05) is 17.4 Å². The molecule has 1 fully saturated rings. The molecule has 0 amide bonds. The molecule has 0 aliphatic heterocycles. The van der Waals surface area contributed by atoms with Crippen LogP contribution in [0.4, 0.5) is 11.4 Å². The zero-order chi connectivity index (χ0) is 13.0. The predicted octanol–water partition coefficient (Wildman–Crippen LogP) is 3.68. The maximum absolute atomic E-state index is 10.9. The van der Waals surface area contributed by atoms with Crippen LogP contribution in [-0.4, -0.2) is 22.5 Å². The topological polar surface area (TPSA) is 55.2 Å². The average Bonchev–Trinajstić information content (AvgIpc) is 2.86. The Kier molecular flexibility index (Phi) is 4.11. The molecular weight excluding hydrogens is 248 g/mol. The molecule has 98 valence electrons. The average molecular weight is 266 g/mol. The van der Waals surface area contributed by atoms with Crippen LogP contribution in [0.15, 0.2) is 24.3 Å². The Bertz CT molecular complexity index is 431. The van der Waals surface area contributed by atoms with E-state index in [0.717, 1.165) is 6.54 Å². The molecule has 0 heterocycles. The minimum absolute atomic E-state index is 0.159. The van der Waals surface area contributed by atoms with Gasteiger partial charge in [0.15, 0.2) is 0 Å². The van der Waals surface area contributed by atoms with Gasteiger partial charge in [-0.15, -0.1) is 0 Å². The summed E-state index contributed by atoms with van der Waals surface area (Å²) in [5, 5.41) is 14.2. The van der Waals surface area contributed by atoms with E-state index >= 15 is 0 Å². The Balaban J connectivity index is 2.08. The summed E-state index contributed by atoms with van der Waals surface area (Å²) < 4.78 is 0.254. The van der Waals surface area contributed by atoms with Crippen molar-refractivity contribution in [3.05, 3.63) is 34.4 Å². The number of nitro groups is 1. The lowest BCUT2D eigenvalue weighted by atomic mass is 10.1. The minimum atomic E-state index is -0.331. The van der Waals surface area contributed by atoms with Gasteiger partial charge in [-0.3, -0.25) is 10.1 Å². The van der Waals surface area contributed by atoms with Crippen molar-refractivity contribution in [2.24, 2.45) is 0 Å². The third-order valence-electron chi connectivity index (χ3n) is 3.65. The molecule has 0 atom stereocenters. The number of para-hydroxylation sites is 2. The highest BCUT2D eigenvalue weighted by atomic mass is 32.2. The first kappa shape index (κ1) is 13.2. The van der Waals surface area contributed by atoms with Gasteiger partial charge in [0.1, 0.15) is 5.69 Å². The van der Waals surface area contributed by atoms with Gasteiger partial charge in [-0.05, 0) is 25.2 Å². The van der Waals surface area contributed by atoms with Gasteiger partial charge in [0.2, 0.25) is 0 Å². The molecule has 1 aliphatic rings. The Morgan fingerprint density at radius 1 is 1.39 bits per heavy atom. The number of benzene rings is 1. The van der Waals surface area contributed by atoms with E-state index in [1.807, 2.05) is 17.8 Å². The summed E-state index contributed by atoms with van der Waals surface area (Å²) in [6, 6.07) is 6.85. The number of nitrogens with one attached hydrogen (secondary N) is 1. The Hall–Kier alpha value is -1.23. The van der Waals surface area contributed by atoms with E-state index < -0.39 is 0 Å². The van der Waals surface area contributed by atoms with Crippen LogP contribution in [0.25, 0.3) is 0 Å². The van der Waals surface area contributed by atoms with Gasteiger partial charge in [0.05, 0.1) is 4.92 Å². The summed E-state index contributed by atoms with van der Waals surface area (Å²) in [5.41, 5.74) is 0.787. The second-order valence-electron chi connectivity index (χ2n) is 4.72. The van der Waals surface area contributed by atoms with Gasteiger partial charge < -0.3 is 5.32 Å². The van der Waals surface area contributed by atoms with Crippen LogP contribution in [0.1, 0.15) is 25.7 Å². The van der Waals surface area contributed by atoms with Gasteiger partial charge in [-0.2, -0.15) is 11.8 Å². The molecule has 1 aromatic carbocycles. The lowest BCUT2D eigenvalue weighted by Gasteiger charge is -2.27. The number of anilines is 1. The Morgan fingerprint density at radius 3 is 2.67 bits per heavy atom. The smallest absolute Gasteiger partial charge is 0.292 e. The molecule has 1 N–H and O–H groups in total. The van der Waals surface area contributed by atoms with Crippen molar-refractivity contribution >= 4 is 23.1 Å². The molecular formula is C13H18N2O2S. The first-order valence-corrected chi connectivity index (χ1v) is 7.42. The van der Waals surface area contributed by atoms with E-state index in [0.29, 0.717) is 5.69 Å². The molecule has 1 aliphatic carbocycles. The Morgan fingerprint density at radius 2 is 2.06 bits per heavy atom. The molecule has 4 nitrogen and oxygen atoms in total. The quantitative estimate of drug-likeness (QED) is 0.652. The third kappa shape index (κ3) is 2.77. The first-order chi connectivity index (χ1) is 8.67. The number of hydrogen-bond donors (Lipinski definition) is 1. The maximum atomic E-state index is 10.9. The van der Waals surface area contributed by atoms with Crippen molar-refractivity contribution in [1.29, 1.82) is 0 Å². The molecule has 0 spiro atoms. The molecule has 1 saturated carbocycles. The van der Waals surface area contributed by atoms with Gasteiger partial charge in [0.25, 0.3) is 5.69 Å². The van der Waals surface area contributed by atoms with E-state index in [4.69, 9.17) is 0 Å². The highest BCUT2D eigenvalue weighted by Crippen LogP contribution is 2.40. The maximum Gasteiger partial charge on any atom is 0.292 e. The summed E-state index contributed by atoms with van der Waals surface area (Å²) >= 11 is 1.88. The molecule has 1 aromatic rings. The Labute approximate surface area is 111 Å². The van der Waals surface area contributed by atoms with Crippen molar-refractivity contribution in [2.45, 2.75) is 30.4 Å². The van der Waals surface area contributed by atoms with Crippen molar-refractivity contribution in [3.8, 4) is 0 Å². The molecule has 2 rings (SSSR count). The van der Waals surface area contributed by atoms with Crippen LogP contribution in [-0.2, 0) is 0 Å². The summed E-state index contributed by atoms with van der Waals surface area (Å²) in [6.45, 7) is 0.805. The van der Waals surface area contributed by atoms with Gasteiger partial charge in [-0.25, -0.2) is 0 Å². The van der Waals surface area contributed by atoms with Crippen LogP contribution in [0.2, 0.25) is 0 Å². The second-order valence-corrected chi connectivity index (χ2v) is 6.00. The summed E-state index contributed by atoms with van der Waals surface area (Å²) in [4.78, 5) is 10.6. The standard InChI is InChI=1S/C13H18N2O2S/c1-18-13(8-4-5-9-13)10-14-11-6-2-3-7-12(11)15(16)17/h2-3,6-7,14H,4-5,8-10H2,1H3. The highest BCUT2D eigenvalue weighted by molar-refractivity contribution is 8.00. The largest absolute Gasteiger partial charge is 0.378 e. The molecule has 0 radical (unpaired) electrons. The number of nitrogens with zero attached hydrogens (tertiary/aromatic N) is 1. The summed E-state index contributed by atoms with van der Waals surface area (Å²) in [7, 11) is 0. The number of rotatable bonds is 5. The van der Waals surface area contributed by atoms with Crippen LogP contribution in [0.3, 0.4) is 0 Å². The predicted molar refractivity (Wildman–Crippen MR) is 76.3 cm³/mol. The fourth-order valence-electron chi connectivity index (χ4n) is 2.51. The normalized spacial score (nSPS) is 17.6. The zero-order valence-corrected chi connectivity index (χ0v) is 11.3. The van der Waals surface area contributed by atoms with E-state index in [9.17, 15) is 10.1 Å². The van der Waals surface area contributed by atoms with Crippen LogP contribution >= 0.6 is 11.8 Å². The molecule has 0 unspecified atom stereocenters. The van der Waals surface area contributed by atoms with Gasteiger partial charge in [-0.1, -0.05) is 25.0 Å². The monoisotopic (exact) mass is 266 g/mol. The summed E-state index contributed by atoms with van der Waals surface area (Å²) in [6.07, 6.45) is 7.05. The fourth-order valence-corrected chi connectivity index (χ4v) is 3.42. The van der Waals surface area contributed by atoms with Crippen molar-refractivity contribution in [3.63, 3.8) is 0 Å². The number of thioether (sulfide) groups is 1. The molecule has 0 saturated heterocycles. The van der Waals surface area contributed by atoms with Crippen LogP contribution in [0, 0.1) is 10.1 Å². The van der Waals surface area contributed by atoms with E-state index in [2.05, 4.69) is 11.6 Å². The van der Waals surface area contributed by atoms with E-state index in [1.54, 1.807) is 18.2 Å². The minimum Gasteiger partial charge on any atom is -0.378 e. The number of hydrogen-bond acceptors (Lipinski definition) is 4. The van der Waals surface area contributed by atoms with Gasteiger partial charge >= 0.3 is 0 Å². The molecule has 0 bridgehead atoms. The van der Waals surface area contributed by atoms with E-state index in [-0.39, 0.29) is 15.4 Å². The van der Waals surface area contributed by atoms with Crippen molar-refractivity contribution in [1.82, 2.24) is 0 Å².